The number of nitrogens with zero attached hydrogens (tertiary/aromatic N) is 1. The lowest BCUT2D eigenvalue weighted by Gasteiger charge is -2.31. The lowest BCUT2D eigenvalue weighted by Crippen LogP contribution is -2.42. The second kappa shape index (κ2) is 7.70. The molecule has 4 rings (SSSR count). The quantitative estimate of drug-likeness (QED) is 0.903. The van der Waals surface area contributed by atoms with Crippen molar-refractivity contribution < 1.29 is 19.1 Å². The van der Waals surface area contributed by atoms with Crippen LogP contribution in [0.15, 0.2) is 48.5 Å². The molecule has 0 atom stereocenters. The Morgan fingerprint density at radius 2 is 1.74 bits per heavy atom. The van der Waals surface area contributed by atoms with Gasteiger partial charge in [-0.25, -0.2) is 0 Å². The molecular formula is C21H22N2O4. The fourth-order valence-corrected chi connectivity index (χ4v) is 3.49. The van der Waals surface area contributed by atoms with Crippen LogP contribution in [0.25, 0.3) is 0 Å². The van der Waals surface area contributed by atoms with Crippen LogP contribution in [0.5, 0.6) is 11.5 Å². The van der Waals surface area contributed by atoms with E-state index in [2.05, 4.69) is 5.32 Å². The van der Waals surface area contributed by atoms with Gasteiger partial charge in [-0.05, 0) is 36.6 Å². The van der Waals surface area contributed by atoms with E-state index in [1.165, 1.54) is 0 Å². The molecule has 27 heavy (non-hydrogen) atoms. The molecule has 140 valence electrons. The van der Waals surface area contributed by atoms with E-state index in [1.807, 2.05) is 30.3 Å². The van der Waals surface area contributed by atoms with Gasteiger partial charge in [-0.2, -0.15) is 0 Å². The van der Waals surface area contributed by atoms with E-state index in [0.717, 1.165) is 5.56 Å². The lowest BCUT2D eigenvalue weighted by molar-refractivity contribution is -0.126. The average Bonchev–Trinajstić information content (AvgIpc) is 3.20. The number of hydrogen-bond acceptors (Lipinski definition) is 4. The van der Waals surface area contributed by atoms with Crippen LogP contribution in [0.3, 0.4) is 0 Å². The predicted molar refractivity (Wildman–Crippen MR) is 99.5 cm³/mol. The second-order valence-electron chi connectivity index (χ2n) is 6.84. The molecule has 2 amide bonds. The van der Waals surface area contributed by atoms with Crippen molar-refractivity contribution in [1.29, 1.82) is 0 Å². The highest BCUT2D eigenvalue weighted by atomic mass is 16.7. The van der Waals surface area contributed by atoms with Crippen molar-refractivity contribution in [3.8, 4) is 11.5 Å². The number of ether oxygens (including phenoxy) is 2. The molecule has 2 aliphatic rings. The van der Waals surface area contributed by atoms with Crippen LogP contribution in [-0.2, 0) is 11.3 Å². The smallest absolute Gasteiger partial charge is 0.253 e. The van der Waals surface area contributed by atoms with Gasteiger partial charge in [0.2, 0.25) is 12.7 Å². The molecule has 0 spiro atoms. The monoisotopic (exact) mass is 366 g/mol. The van der Waals surface area contributed by atoms with Crippen LogP contribution >= 0.6 is 0 Å². The summed E-state index contributed by atoms with van der Waals surface area (Å²) in [5, 5.41) is 3.00. The number of carbonyl (C=O) groups excluding carboxylic acids is 2. The zero-order chi connectivity index (χ0) is 18.6. The second-order valence-corrected chi connectivity index (χ2v) is 6.84. The first-order valence-corrected chi connectivity index (χ1v) is 9.21. The van der Waals surface area contributed by atoms with Gasteiger partial charge >= 0.3 is 0 Å². The Balaban J connectivity index is 1.29. The highest BCUT2D eigenvalue weighted by molar-refractivity contribution is 5.95. The molecule has 0 unspecified atom stereocenters. The number of amides is 2. The molecular weight excluding hydrogens is 344 g/mol. The summed E-state index contributed by atoms with van der Waals surface area (Å²) in [6, 6.07) is 15.1. The van der Waals surface area contributed by atoms with Crippen LogP contribution in [-0.4, -0.2) is 36.6 Å². The van der Waals surface area contributed by atoms with Crippen molar-refractivity contribution in [3.05, 3.63) is 59.7 Å². The Morgan fingerprint density at radius 3 is 2.52 bits per heavy atom. The number of nitrogens with one attached hydrogen (secondary N) is 1. The molecule has 0 saturated carbocycles. The SMILES string of the molecule is O=C(NCc1ccccc1)C1CCN(C(=O)c2ccc3c(c2)OCO3)CC1. The van der Waals surface area contributed by atoms with Crippen molar-refractivity contribution in [3.63, 3.8) is 0 Å². The topological polar surface area (TPSA) is 67.9 Å². The highest BCUT2D eigenvalue weighted by Gasteiger charge is 2.28. The van der Waals surface area contributed by atoms with Crippen molar-refractivity contribution in [2.75, 3.05) is 19.9 Å². The van der Waals surface area contributed by atoms with E-state index in [9.17, 15) is 9.59 Å². The van der Waals surface area contributed by atoms with Gasteiger partial charge in [0.1, 0.15) is 0 Å². The average molecular weight is 366 g/mol. The number of rotatable bonds is 4. The van der Waals surface area contributed by atoms with Gasteiger partial charge in [-0.1, -0.05) is 30.3 Å². The standard InChI is InChI=1S/C21H22N2O4/c24-20(22-13-15-4-2-1-3-5-15)16-8-10-23(11-9-16)21(25)17-6-7-18-19(12-17)27-14-26-18/h1-7,12,16H,8-11,13-14H2,(H,22,24). The molecule has 0 aromatic heterocycles. The summed E-state index contributed by atoms with van der Waals surface area (Å²) < 4.78 is 10.6. The summed E-state index contributed by atoms with van der Waals surface area (Å²) in [5.74, 6) is 1.26. The number of carbonyl (C=O) groups is 2. The van der Waals surface area contributed by atoms with E-state index >= 15 is 0 Å². The van der Waals surface area contributed by atoms with E-state index in [-0.39, 0.29) is 24.5 Å². The third-order valence-corrected chi connectivity index (χ3v) is 5.08. The van der Waals surface area contributed by atoms with E-state index in [1.54, 1.807) is 23.1 Å². The summed E-state index contributed by atoms with van der Waals surface area (Å²) in [5.41, 5.74) is 1.67. The van der Waals surface area contributed by atoms with Gasteiger partial charge in [0, 0.05) is 31.1 Å². The Morgan fingerprint density at radius 1 is 1.00 bits per heavy atom. The minimum Gasteiger partial charge on any atom is -0.454 e. The summed E-state index contributed by atoms with van der Waals surface area (Å²) in [6.45, 7) is 1.89. The van der Waals surface area contributed by atoms with Crippen LogP contribution in [0.2, 0.25) is 0 Å². The molecule has 0 bridgehead atoms. The predicted octanol–water partition coefficient (Wildman–Crippen LogP) is 2.58. The lowest BCUT2D eigenvalue weighted by atomic mass is 9.95. The molecule has 2 heterocycles. The number of likely N-dealkylation sites (tertiary alicyclic amines) is 1. The first-order valence-electron chi connectivity index (χ1n) is 9.21. The normalized spacial score (nSPS) is 16.2. The van der Waals surface area contributed by atoms with E-state index in [4.69, 9.17) is 9.47 Å². The Bertz CT molecular complexity index is 829. The third-order valence-electron chi connectivity index (χ3n) is 5.08. The summed E-state index contributed by atoms with van der Waals surface area (Å²) in [4.78, 5) is 26.9. The number of benzene rings is 2. The maximum atomic E-state index is 12.7. The maximum Gasteiger partial charge on any atom is 0.253 e. The fraction of sp³-hybridized carbons (Fsp3) is 0.333. The molecule has 0 radical (unpaired) electrons. The molecule has 2 aromatic rings. The molecule has 2 aromatic carbocycles. The molecule has 1 saturated heterocycles. The van der Waals surface area contributed by atoms with Crippen LogP contribution in [0.4, 0.5) is 0 Å². The minimum absolute atomic E-state index is 0.0311. The van der Waals surface area contributed by atoms with Gasteiger partial charge in [0.05, 0.1) is 0 Å². The highest BCUT2D eigenvalue weighted by Crippen LogP contribution is 2.33. The zero-order valence-electron chi connectivity index (χ0n) is 15.0. The maximum absolute atomic E-state index is 12.7. The minimum atomic E-state index is -0.0467. The summed E-state index contributed by atoms with van der Waals surface area (Å²) >= 11 is 0. The van der Waals surface area contributed by atoms with Gasteiger partial charge in [0.15, 0.2) is 11.5 Å². The molecule has 1 fully saturated rings. The Labute approximate surface area is 158 Å². The zero-order valence-corrected chi connectivity index (χ0v) is 15.0. The first kappa shape index (κ1) is 17.4. The van der Waals surface area contributed by atoms with Crippen LogP contribution in [0.1, 0.15) is 28.8 Å². The van der Waals surface area contributed by atoms with Gasteiger partial charge in [-0.3, -0.25) is 9.59 Å². The number of piperidine rings is 1. The van der Waals surface area contributed by atoms with Crippen LogP contribution in [0, 0.1) is 5.92 Å². The molecule has 6 nitrogen and oxygen atoms in total. The summed E-state index contributed by atoms with van der Waals surface area (Å²) in [7, 11) is 0. The van der Waals surface area contributed by atoms with E-state index in [0.29, 0.717) is 49.5 Å². The molecule has 1 N–H and O–H groups in total. The Kier molecular flexibility index (Phi) is 4.96. The van der Waals surface area contributed by atoms with Gasteiger partial charge in [-0.15, -0.1) is 0 Å². The van der Waals surface area contributed by atoms with Crippen molar-refractivity contribution >= 4 is 11.8 Å². The number of fused-ring (bicyclic) bond motifs is 1. The molecule has 6 heteroatoms. The Hall–Kier alpha value is -3.02. The first-order chi connectivity index (χ1) is 13.2. The van der Waals surface area contributed by atoms with Gasteiger partial charge in [0.25, 0.3) is 5.91 Å². The third kappa shape index (κ3) is 3.89. The van der Waals surface area contributed by atoms with E-state index < -0.39 is 0 Å². The van der Waals surface area contributed by atoms with Crippen molar-refractivity contribution in [1.82, 2.24) is 10.2 Å². The van der Waals surface area contributed by atoms with Crippen LogP contribution < -0.4 is 14.8 Å². The van der Waals surface area contributed by atoms with Crippen molar-refractivity contribution in [2.45, 2.75) is 19.4 Å². The fourth-order valence-electron chi connectivity index (χ4n) is 3.49. The molecule has 2 aliphatic heterocycles. The summed E-state index contributed by atoms with van der Waals surface area (Å²) in [6.07, 6.45) is 1.35. The van der Waals surface area contributed by atoms with Gasteiger partial charge < -0.3 is 19.7 Å². The number of hydrogen-bond donors (Lipinski definition) is 1. The molecule has 0 aliphatic carbocycles. The van der Waals surface area contributed by atoms with Crippen molar-refractivity contribution in [2.24, 2.45) is 5.92 Å². The largest absolute Gasteiger partial charge is 0.454 e.